The molecule has 40 heteroatoms. The highest BCUT2D eigenvalue weighted by atomic mass is 16.8. The highest BCUT2D eigenvalue weighted by molar-refractivity contribution is 5.79. The first-order valence-corrected chi connectivity index (χ1v) is 40.6. The molecule has 0 amide bonds. The lowest BCUT2D eigenvalue weighted by Crippen LogP contribution is -2.69. The number of allylic oxidation sites excluding steroid dienone is 2. The summed E-state index contributed by atoms with van der Waals surface area (Å²) in [4.78, 5) is 15.3. The van der Waals surface area contributed by atoms with Crippen molar-refractivity contribution in [2.45, 2.75) is 359 Å². The van der Waals surface area contributed by atoms with Crippen molar-refractivity contribution in [2.75, 3.05) is 46.2 Å². The Morgan fingerprint density at radius 1 is 0.414 bits per heavy atom. The minimum Gasteiger partial charge on any atom is -0.432 e. The van der Waals surface area contributed by atoms with Gasteiger partial charge in [-0.1, -0.05) is 53.2 Å². The van der Waals surface area contributed by atoms with Crippen LogP contribution < -0.4 is 0 Å². The van der Waals surface area contributed by atoms with E-state index in [0.717, 1.165) is 5.57 Å². The molecule has 8 heterocycles. The van der Waals surface area contributed by atoms with Crippen molar-refractivity contribution in [1.82, 2.24) is 0 Å². The zero-order valence-corrected chi connectivity index (χ0v) is 66.1. The summed E-state index contributed by atoms with van der Waals surface area (Å²) >= 11 is 0. The summed E-state index contributed by atoms with van der Waals surface area (Å²) in [7, 11) is 0. The normalized spacial score (nSPS) is 55.1. The molecule has 12 fully saturated rings. The van der Waals surface area contributed by atoms with Gasteiger partial charge in [-0.15, -0.1) is 0 Å². The van der Waals surface area contributed by atoms with Gasteiger partial charge in [-0.3, -0.25) is 4.79 Å². The van der Waals surface area contributed by atoms with Gasteiger partial charge in [0, 0.05) is 5.41 Å². The van der Waals surface area contributed by atoms with Gasteiger partial charge in [-0.05, 0) is 117 Å². The first-order chi connectivity index (χ1) is 54.6. The molecule has 47 atom stereocenters. The summed E-state index contributed by atoms with van der Waals surface area (Å²) in [5, 5.41) is 254. The Hall–Kier alpha value is -2.31. The number of carbonyl (C=O) groups is 1. The van der Waals surface area contributed by atoms with Crippen LogP contribution in [0.25, 0.3) is 0 Å². The number of aliphatic hydroxyl groups excluding tert-OH is 23. The summed E-state index contributed by atoms with van der Waals surface area (Å²) < 4.78 is 95.9. The zero-order chi connectivity index (χ0) is 84.4. The average Bonchev–Trinajstić information content (AvgIpc) is 0.673. The number of carbonyl (C=O) groups excluding carboxylic acids is 1. The summed E-state index contributed by atoms with van der Waals surface area (Å²) in [5.74, 6) is -1.22. The lowest BCUT2D eigenvalue weighted by molar-refractivity contribution is -0.406. The van der Waals surface area contributed by atoms with Gasteiger partial charge < -0.3 is 193 Å². The van der Waals surface area contributed by atoms with Crippen LogP contribution in [0.5, 0.6) is 0 Å². The van der Waals surface area contributed by atoms with E-state index in [1.165, 1.54) is 13.8 Å². The molecule has 7 unspecified atom stereocenters. The molecule has 0 radical (unpaired) electrons. The van der Waals surface area contributed by atoms with Crippen molar-refractivity contribution in [3.63, 3.8) is 0 Å². The second kappa shape index (κ2) is 35.3. The number of ether oxygens (including phenoxy) is 16. The molecule has 5 aliphatic carbocycles. The molecule has 0 aromatic carbocycles. The molecule has 23 N–H and O–H groups in total. The Kier molecular flexibility index (Phi) is 27.8. The molecule has 8 aliphatic heterocycles. The van der Waals surface area contributed by atoms with E-state index < -0.39 is 312 Å². The third-order valence-corrected chi connectivity index (χ3v) is 29.1. The van der Waals surface area contributed by atoms with Crippen LogP contribution in [0.2, 0.25) is 0 Å². The number of fused-ring (bicyclic) bond motifs is 7. The monoisotopic (exact) mass is 1680 g/mol. The van der Waals surface area contributed by atoms with E-state index in [2.05, 4.69) is 40.7 Å². The second-order valence-electron chi connectivity index (χ2n) is 36.5. The van der Waals surface area contributed by atoms with Gasteiger partial charge in [0.1, 0.15) is 171 Å². The van der Waals surface area contributed by atoms with Gasteiger partial charge in [-0.2, -0.15) is 0 Å². The van der Waals surface area contributed by atoms with Crippen LogP contribution >= 0.6 is 0 Å². The van der Waals surface area contributed by atoms with E-state index in [9.17, 15) is 117 Å². The second-order valence-corrected chi connectivity index (χ2v) is 36.5. The average molecular weight is 1680 g/mol. The maximum atomic E-state index is 15.3. The van der Waals surface area contributed by atoms with Crippen LogP contribution in [-0.2, 0) is 80.6 Å². The maximum Gasteiger partial charge on any atom is 0.315 e. The molecule has 0 spiro atoms. The minimum atomic E-state index is -2.25. The lowest BCUT2D eigenvalue weighted by Gasteiger charge is -2.71. The van der Waals surface area contributed by atoms with Crippen molar-refractivity contribution >= 4 is 5.97 Å². The van der Waals surface area contributed by atoms with E-state index in [4.69, 9.17) is 75.8 Å². The number of hydrogen-bond donors (Lipinski definition) is 23. The standard InChI is InChI=1S/C76H124O40/c1-27-40(83)46(89)52(95)64(104-27)114-60-56(99)68(108-35(22-79)58(60)112-65-54(97)49(92)57(34(21-78)107-65)111-63-50(93)42(85)31(81)23-101-63)113-59-41(84)28(2)105-67(55(59)98)115-61-43(86)32(82)24-102-69(61)110-39-12-13-72(5)37(73(39,6)26-80)11-14-75(8)38(72)10-9-29-30-19-71(3,4)15-17-76(30,18-16-74(29,75)7)70(100)116-66-53(96)48(91)45(88)36(109-66)25-103-62-51(94)47(90)44(87)33(20-77)106-62/h9,27-28,30-69,77-99H,10-26H2,1-8H3/t27-,28-,30?,31-,32-,33-,34-,35-,36-,37?,38?,39?,40+,41-,42-,43-,44-,45-,46-,47-,48-,49+,50-,51-,52-,53-,54-,55-,56-,57-,58-,59-,60+,61-,62-,63+,64+,65+,66+,67+,68+,69+,72?,73+,74-,75?,76?/m1/s1. The van der Waals surface area contributed by atoms with Gasteiger partial charge >= 0.3 is 5.97 Å². The molecule has 0 bridgehead atoms. The first-order valence-electron chi connectivity index (χ1n) is 40.6. The van der Waals surface area contributed by atoms with Crippen LogP contribution in [0.1, 0.15) is 120 Å². The Morgan fingerprint density at radius 3 is 1.56 bits per heavy atom. The van der Waals surface area contributed by atoms with Crippen molar-refractivity contribution < 1.29 is 198 Å². The molecular formula is C76H124O40. The summed E-state index contributed by atoms with van der Waals surface area (Å²) in [6, 6.07) is 0. The third kappa shape index (κ3) is 16.2. The van der Waals surface area contributed by atoms with E-state index >= 15 is 4.79 Å². The SMILES string of the molecule is C[C@H]1O[C@@H](O[C@H]2[C@@H](O)[C@H](O[C@H]3[C@@H](O)[C@H](O[C@H]4[C@H](OC5CCC6(C)C7CC=C8C9CC(C)(C)CCC9(C(=O)O[C@@H]9O[C@H](CO[C@@H]%10O[C@H](CO)[C@@H](O)[C@@H](O)[C@H]%10O)[C@@H](O)[C@@H](O)[C@H]9O)CC[C@@]8(C)C7(C)CCC6[C@]5(C)CO)OC[C@@H](O)[C@H]4O)O[C@H](C)[C@H]3O)O[C@H](CO)[C@H]2O[C@@H]2O[C@H](CO)[C@@H](O[C@@H]3OC[C@@H](O)[C@@H](O)[C@H]3O)[C@@H](O)[C@H]2O)[C@H](O)[C@H](O)[C@H]1O. The van der Waals surface area contributed by atoms with Crippen molar-refractivity contribution in [3.8, 4) is 0 Å². The van der Waals surface area contributed by atoms with E-state index in [1.54, 1.807) is 0 Å². The fourth-order valence-corrected chi connectivity index (χ4v) is 21.7. The Bertz CT molecular complexity index is 3310. The molecular weight excluding hydrogens is 1550 g/mol. The topological polar surface area (TPSA) is 630 Å². The largest absolute Gasteiger partial charge is 0.432 e. The highest BCUT2D eigenvalue weighted by Crippen LogP contribution is 2.76. The van der Waals surface area contributed by atoms with Gasteiger partial charge in [0.05, 0.1) is 70.0 Å². The quantitative estimate of drug-likeness (QED) is 0.0288. The Morgan fingerprint density at radius 2 is 0.905 bits per heavy atom. The lowest BCUT2D eigenvalue weighted by atomic mass is 9.33. The molecule has 668 valence electrons. The first kappa shape index (κ1) is 91.4. The summed E-state index contributed by atoms with van der Waals surface area (Å²) in [6.45, 7) is 11.0. The number of hydrogen-bond acceptors (Lipinski definition) is 40. The highest BCUT2D eigenvalue weighted by Gasteiger charge is 2.71. The fourth-order valence-electron chi connectivity index (χ4n) is 21.7. The summed E-state index contributed by atoms with van der Waals surface area (Å²) in [6.07, 6.45) is -61.5. The third-order valence-electron chi connectivity index (χ3n) is 29.1. The smallest absolute Gasteiger partial charge is 0.315 e. The van der Waals surface area contributed by atoms with E-state index in [0.29, 0.717) is 64.2 Å². The molecule has 4 saturated carbocycles. The van der Waals surface area contributed by atoms with Crippen LogP contribution in [-0.4, -0.2) is 409 Å². The maximum absolute atomic E-state index is 15.3. The number of aliphatic hydroxyl groups is 23. The fraction of sp³-hybridized carbons (Fsp3) is 0.961. The molecule has 116 heavy (non-hydrogen) atoms. The van der Waals surface area contributed by atoms with E-state index in [1.807, 2.05) is 6.92 Å². The molecule has 0 aromatic heterocycles. The van der Waals surface area contributed by atoms with Crippen LogP contribution in [0.4, 0.5) is 0 Å². The predicted molar refractivity (Wildman–Crippen MR) is 380 cm³/mol. The predicted octanol–water partition coefficient (Wildman–Crippen LogP) is -8.43. The van der Waals surface area contributed by atoms with Gasteiger partial charge in [0.25, 0.3) is 0 Å². The van der Waals surface area contributed by atoms with Gasteiger partial charge in [0.2, 0.25) is 6.29 Å². The molecule has 13 aliphatic rings. The summed E-state index contributed by atoms with van der Waals surface area (Å²) in [5.41, 5.74) is -2.62. The molecule has 13 rings (SSSR count). The number of rotatable bonds is 21. The molecule has 0 aromatic rings. The molecule has 40 nitrogen and oxygen atoms in total. The van der Waals surface area contributed by atoms with Gasteiger partial charge in [-0.25, -0.2) is 0 Å². The Balaban J connectivity index is 0.696. The number of esters is 1. The molecule has 8 saturated heterocycles. The minimum absolute atomic E-state index is 0.00362. The van der Waals surface area contributed by atoms with E-state index in [-0.39, 0.29) is 29.8 Å². The van der Waals surface area contributed by atoms with Gasteiger partial charge in [0.15, 0.2) is 44.0 Å². The van der Waals surface area contributed by atoms with Crippen molar-refractivity contribution in [3.05, 3.63) is 11.6 Å². The van der Waals surface area contributed by atoms with Crippen LogP contribution in [0.3, 0.4) is 0 Å². The van der Waals surface area contributed by atoms with Crippen LogP contribution in [0.15, 0.2) is 11.6 Å². The Labute approximate surface area is 669 Å². The van der Waals surface area contributed by atoms with Crippen molar-refractivity contribution in [1.29, 1.82) is 0 Å². The zero-order valence-electron chi connectivity index (χ0n) is 66.1. The van der Waals surface area contributed by atoms with Crippen LogP contribution in [0, 0.1) is 50.2 Å². The van der Waals surface area contributed by atoms with Crippen molar-refractivity contribution in [2.24, 2.45) is 50.2 Å².